The molecule has 2 rings (SSSR count). The molecule has 1 heterocycles. The molecule has 0 amide bonds. The Bertz CT molecular complexity index is 331. The minimum atomic E-state index is 0.567. The van der Waals surface area contributed by atoms with Crippen molar-refractivity contribution in [3.63, 3.8) is 0 Å². The second kappa shape index (κ2) is 4.09. The Balaban J connectivity index is 1.93. The lowest BCUT2D eigenvalue weighted by Crippen LogP contribution is -2.15. The third kappa shape index (κ3) is 2.41. The van der Waals surface area contributed by atoms with Crippen molar-refractivity contribution < 1.29 is 0 Å². The summed E-state index contributed by atoms with van der Waals surface area (Å²) < 4.78 is 0. The van der Waals surface area contributed by atoms with Gasteiger partial charge in [-0.2, -0.15) is 0 Å². The molecule has 1 aromatic heterocycles. The van der Waals surface area contributed by atoms with Crippen LogP contribution in [0.3, 0.4) is 0 Å². The fourth-order valence-corrected chi connectivity index (χ4v) is 1.78. The Kier molecular flexibility index (Phi) is 2.80. The standard InChI is InChI=1S/C12H19N3/c1-3-12(7-8-12)9-14-11-6-4-5-10(13-2)15-11/h4-6H,3,7-9H2,1-2H3,(H2,13,14,15). The molecule has 0 aromatic carbocycles. The van der Waals surface area contributed by atoms with Gasteiger partial charge in [0.2, 0.25) is 0 Å². The highest BCUT2D eigenvalue weighted by molar-refractivity contribution is 5.44. The first kappa shape index (κ1) is 10.3. The van der Waals surface area contributed by atoms with Crippen molar-refractivity contribution in [2.45, 2.75) is 26.2 Å². The van der Waals surface area contributed by atoms with Gasteiger partial charge >= 0.3 is 0 Å². The number of aromatic nitrogens is 1. The lowest BCUT2D eigenvalue weighted by Gasteiger charge is -2.14. The Morgan fingerprint density at radius 1 is 1.33 bits per heavy atom. The molecule has 1 fully saturated rings. The average Bonchev–Trinajstić information content (AvgIpc) is 3.07. The zero-order valence-electron chi connectivity index (χ0n) is 9.51. The van der Waals surface area contributed by atoms with Gasteiger partial charge in [-0.25, -0.2) is 4.98 Å². The first-order valence-electron chi connectivity index (χ1n) is 5.67. The molecular weight excluding hydrogens is 186 g/mol. The lowest BCUT2D eigenvalue weighted by atomic mass is 10.0. The van der Waals surface area contributed by atoms with Crippen molar-refractivity contribution in [3.05, 3.63) is 18.2 Å². The van der Waals surface area contributed by atoms with E-state index in [1.807, 2.05) is 25.2 Å². The van der Waals surface area contributed by atoms with Crippen molar-refractivity contribution in [1.29, 1.82) is 0 Å². The Labute approximate surface area is 91.3 Å². The maximum absolute atomic E-state index is 4.43. The zero-order valence-corrected chi connectivity index (χ0v) is 9.51. The van der Waals surface area contributed by atoms with Gasteiger partial charge in [0.15, 0.2) is 0 Å². The quantitative estimate of drug-likeness (QED) is 0.776. The fraction of sp³-hybridized carbons (Fsp3) is 0.583. The van der Waals surface area contributed by atoms with Crippen LogP contribution in [0.2, 0.25) is 0 Å². The van der Waals surface area contributed by atoms with Crippen LogP contribution in [0.15, 0.2) is 18.2 Å². The van der Waals surface area contributed by atoms with Gasteiger partial charge in [-0.3, -0.25) is 0 Å². The molecule has 3 heteroatoms. The second-order valence-electron chi connectivity index (χ2n) is 4.37. The summed E-state index contributed by atoms with van der Waals surface area (Å²) >= 11 is 0. The molecule has 0 aliphatic heterocycles. The Morgan fingerprint density at radius 3 is 2.67 bits per heavy atom. The first-order chi connectivity index (χ1) is 7.28. The van der Waals surface area contributed by atoms with E-state index in [1.165, 1.54) is 19.3 Å². The third-order valence-electron chi connectivity index (χ3n) is 3.36. The molecule has 1 aromatic rings. The zero-order chi connectivity index (χ0) is 10.7. The smallest absolute Gasteiger partial charge is 0.128 e. The highest BCUT2D eigenvalue weighted by Gasteiger charge is 2.40. The molecule has 1 aliphatic carbocycles. The van der Waals surface area contributed by atoms with Crippen LogP contribution in [0, 0.1) is 5.41 Å². The van der Waals surface area contributed by atoms with Gasteiger partial charge in [0.25, 0.3) is 0 Å². The van der Waals surface area contributed by atoms with E-state index in [-0.39, 0.29) is 0 Å². The van der Waals surface area contributed by atoms with Gasteiger partial charge in [0.1, 0.15) is 11.6 Å². The Hall–Kier alpha value is -1.25. The highest BCUT2D eigenvalue weighted by Crippen LogP contribution is 2.48. The summed E-state index contributed by atoms with van der Waals surface area (Å²) in [4.78, 5) is 4.43. The normalized spacial score (nSPS) is 17.2. The van der Waals surface area contributed by atoms with E-state index in [9.17, 15) is 0 Å². The molecule has 0 saturated heterocycles. The van der Waals surface area contributed by atoms with E-state index in [0.29, 0.717) is 5.41 Å². The van der Waals surface area contributed by atoms with E-state index in [2.05, 4.69) is 22.5 Å². The van der Waals surface area contributed by atoms with Crippen LogP contribution >= 0.6 is 0 Å². The summed E-state index contributed by atoms with van der Waals surface area (Å²) in [5.74, 6) is 1.89. The minimum absolute atomic E-state index is 0.567. The predicted octanol–water partition coefficient (Wildman–Crippen LogP) is 2.73. The number of hydrogen-bond donors (Lipinski definition) is 2. The van der Waals surface area contributed by atoms with E-state index in [0.717, 1.165) is 18.2 Å². The van der Waals surface area contributed by atoms with Crippen molar-refractivity contribution >= 4 is 11.6 Å². The molecule has 2 N–H and O–H groups in total. The summed E-state index contributed by atoms with van der Waals surface area (Å²) in [7, 11) is 1.89. The van der Waals surface area contributed by atoms with Crippen LogP contribution in [0.5, 0.6) is 0 Å². The molecule has 0 spiro atoms. The van der Waals surface area contributed by atoms with Gasteiger partial charge in [0.05, 0.1) is 0 Å². The SMILES string of the molecule is CCC1(CNc2cccc(NC)n2)CC1. The van der Waals surface area contributed by atoms with Crippen LogP contribution in [0.25, 0.3) is 0 Å². The third-order valence-corrected chi connectivity index (χ3v) is 3.36. The lowest BCUT2D eigenvalue weighted by molar-refractivity contribution is 0.521. The number of hydrogen-bond acceptors (Lipinski definition) is 3. The molecular formula is C12H19N3. The number of nitrogens with zero attached hydrogens (tertiary/aromatic N) is 1. The summed E-state index contributed by atoms with van der Waals surface area (Å²) in [5, 5.41) is 6.46. The molecule has 15 heavy (non-hydrogen) atoms. The second-order valence-corrected chi connectivity index (χ2v) is 4.37. The largest absolute Gasteiger partial charge is 0.373 e. The summed E-state index contributed by atoms with van der Waals surface area (Å²) in [6.07, 6.45) is 4.00. The number of rotatable bonds is 5. The number of nitrogens with one attached hydrogen (secondary N) is 2. The highest BCUT2D eigenvalue weighted by atomic mass is 15.1. The van der Waals surface area contributed by atoms with Crippen molar-refractivity contribution in [3.8, 4) is 0 Å². The minimum Gasteiger partial charge on any atom is -0.373 e. The van der Waals surface area contributed by atoms with E-state index < -0.39 is 0 Å². The average molecular weight is 205 g/mol. The van der Waals surface area contributed by atoms with Gasteiger partial charge in [-0.15, -0.1) is 0 Å². The summed E-state index contributed by atoms with van der Waals surface area (Å²) in [6.45, 7) is 3.33. The molecule has 0 radical (unpaired) electrons. The maximum Gasteiger partial charge on any atom is 0.128 e. The monoisotopic (exact) mass is 205 g/mol. The number of anilines is 2. The first-order valence-corrected chi connectivity index (χ1v) is 5.67. The fourth-order valence-electron chi connectivity index (χ4n) is 1.78. The molecule has 0 atom stereocenters. The molecule has 82 valence electrons. The van der Waals surface area contributed by atoms with Crippen LogP contribution in [-0.4, -0.2) is 18.6 Å². The van der Waals surface area contributed by atoms with Crippen LogP contribution in [0.4, 0.5) is 11.6 Å². The van der Waals surface area contributed by atoms with Gasteiger partial charge in [-0.1, -0.05) is 13.0 Å². The van der Waals surface area contributed by atoms with E-state index in [1.54, 1.807) is 0 Å². The van der Waals surface area contributed by atoms with Crippen molar-refractivity contribution in [2.75, 3.05) is 24.2 Å². The molecule has 1 saturated carbocycles. The van der Waals surface area contributed by atoms with Crippen molar-refractivity contribution in [2.24, 2.45) is 5.41 Å². The summed E-state index contributed by atoms with van der Waals surface area (Å²) in [6, 6.07) is 6.01. The van der Waals surface area contributed by atoms with Crippen LogP contribution in [-0.2, 0) is 0 Å². The van der Waals surface area contributed by atoms with Gasteiger partial charge in [-0.05, 0) is 36.8 Å². The van der Waals surface area contributed by atoms with Crippen molar-refractivity contribution in [1.82, 2.24) is 4.98 Å². The Morgan fingerprint density at radius 2 is 2.07 bits per heavy atom. The summed E-state index contributed by atoms with van der Waals surface area (Å²) in [5.41, 5.74) is 0.567. The number of pyridine rings is 1. The van der Waals surface area contributed by atoms with E-state index >= 15 is 0 Å². The topological polar surface area (TPSA) is 37.0 Å². The molecule has 3 nitrogen and oxygen atoms in total. The van der Waals surface area contributed by atoms with Gasteiger partial charge in [0, 0.05) is 13.6 Å². The van der Waals surface area contributed by atoms with Crippen LogP contribution < -0.4 is 10.6 Å². The molecule has 0 unspecified atom stereocenters. The van der Waals surface area contributed by atoms with Crippen LogP contribution in [0.1, 0.15) is 26.2 Å². The molecule has 0 bridgehead atoms. The van der Waals surface area contributed by atoms with Gasteiger partial charge < -0.3 is 10.6 Å². The molecule has 1 aliphatic rings. The van der Waals surface area contributed by atoms with E-state index in [4.69, 9.17) is 0 Å². The maximum atomic E-state index is 4.43. The predicted molar refractivity (Wildman–Crippen MR) is 64.2 cm³/mol.